The van der Waals surface area contributed by atoms with Gasteiger partial charge in [0.25, 0.3) is 0 Å². The van der Waals surface area contributed by atoms with E-state index in [1.807, 2.05) is 55.5 Å². The van der Waals surface area contributed by atoms with Crippen molar-refractivity contribution < 1.29 is 4.79 Å². The number of fused-ring (bicyclic) bond motifs is 1. The van der Waals surface area contributed by atoms with Crippen LogP contribution >= 0.6 is 0 Å². The summed E-state index contributed by atoms with van der Waals surface area (Å²) in [6.07, 6.45) is 4.27. The Bertz CT molecular complexity index is 1320. The number of aromatic nitrogens is 3. The van der Waals surface area contributed by atoms with Crippen molar-refractivity contribution in [2.24, 2.45) is 0 Å². The van der Waals surface area contributed by atoms with Crippen molar-refractivity contribution in [1.82, 2.24) is 15.0 Å². The lowest BCUT2D eigenvalue weighted by Gasteiger charge is -2.27. The molecule has 2 N–H and O–H groups in total. The van der Waals surface area contributed by atoms with Gasteiger partial charge in [0, 0.05) is 36.1 Å². The molecule has 170 valence electrons. The van der Waals surface area contributed by atoms with Crippen molar-refractivity contribution in [3.63, 3.8) is 0 Å². The number of nitrogens with one attached hydrogen (secondary N) is 2. The second kappa shape index (κ2) is 9.31. The maximum absolute atomic E-state index is 13.5. The molecule has 0 bridgehead atoms. The zero-order chi connectivity index (χ0) is 23.5. The van der Waals surface area contributed by atoms with E-state index in [4.69, 9.17) is 4.98 Å². The minimum atomic E-state index is -0.262. The summed E-state index contributed by atoms with van der Waals surface area (Å²) in [7, 11) is 0. The van der Waals surface area contributed by atoms with Gasteiger partial charge in [0.15, 0.2) is 5.82 Å². The molecule has 4 heterocycles. The maximum Gasteiger partial charge on any atom is 0.328 e. The van der Waals surface area contributed by atoms with Crippen LogP contribution in [0.3, 0.4) is 0 Å². The van der Waals surface area contributed by atoms with Crippen LogP contribution in [0.25, 0.3) is 22.5 Å². The van der Waals surface area contributed by atoms with Crippen LogP contribution in [0.2, 0.25) is 0 Å². The Hall–Kier alpha value is -4.26. The Labute approximate surface area is 198 Å². The second-order valence-electron chi connectivity index (χ2n) is 8.45. The minimum Gasteiger partial charge on any atom is -0.382 e. The molecule has 1 atom stereocenters. The molecule has 0 spiro atoms. The zero-order valence-electron chi connectivity index (χ0n) is 19.2. The summed E-state index contributed by atoms with van der Waals surface area (Å²) >= 11 is 0. The topological polar surface area (TPSA) is 83.0 Å². The van der Waals surface area contributed by atoms with Crippen molar-refractivity contribution in [2.45, 2.75) is 26.3 Å². The molecule has 0 unspecified atom stereocenters. The molecule has 1 aliphatic rings. The van der Waals surface area contributed by atoms with Crippen LogP contribution in [-0.2, 0) is 0 Å². The number of amides is 2. The molecule has 7 nitrogen and oxygen atoms in total. The van der Waals surface area contributed by atoms with Crippen LogP contribution in [0.15, 0.2) is 79.1 Å². The maximum atomic E-state index is 13.5. The van der Waals surface area contributed by atoms with E-state index in [-0.39, 0.29) is 12.1 Å². The molecule has 0 fully saturated rings. The van der Waals surface area contributed by atoms with E-state index in [1.54, 1.807) is 23.4 Å². The van der Waals surface area contributed by atoms with Crippen molar-refractivity contribution in [3.8, 4) is 22.5 Å². The van der Waals surface area contributed by atoms with E-state index in [0.717, 1.165) is 46.7 Å². The number of carbonyl (C=O) groups excluding carboxylic acids is 1. The van der Waals surface area contributed by atoms with E-state index in [2.05, 4.69) is 39.7 Å². The SMILES string of the molecule is Cc1cccc(-c2ccc3c(n2)N(C(=O)Nc2cccc(-c4cccnc4)n2)[C@H](C)CCN3)c1. The molecule has 7 heteroatoms. The van der Waals surface area contributed by atoms with Gasteiger partial charge in [-0.2, -0.15) is 0 Å². The fraction of sp³-hybridized carbons (Fsp3) is 0.185. The number of hydrogen-bond donors (Lipinski definition) is 2. The molecule has 34 heavy (non-hydrogen) atoms. The quantitative estimate of drug-likeness (QED) is 0.415. The largest absolute Gasteiger partial charge is 0.382 e. The van der Waals surface area contributed by atoms with E-state index < -0.39 is 0 Å². The Morgan fingerprint density at radius 2 is 1.82 bits per heavy atom. The number of hydrogen-bond acceptors (Lipinski definition) is 5. The zero-order valence-corrected chi connectivity index (χ0v) is 19.2. The van der Waals surface area contributed by atoms with Crippen molar-refractivity contribution in [3.05, 3.63) is 84.7 Å². The molecule has 2 amide bonds. The number of nitrogens with zero attached hydrogens (tertiary/aromatic N) is 4. The predicted molar refractivity (Wildman–Crippen MR) is 136 cm³/mol. The fourth-order valence-corrected chi connectivity index (χ4v) is 4.13. The highest BCUT2D eigenvalue weighted by Crippen LogP contribution is 2.33. The Kier molecular flexibility index (Phi) is 5.91. The Balaban J connectivity index is 1.47. The van der Waals surface area contributed by atoms with Gasteiger partial charge >= 0.3 is 6.03 Å². The molecule has 0 saturated carbocycles. The highest BCUT2D eigenvalue weighted by atomic mass is 16.2. The molecule has 4 aromatic rings. The molecule has 5 rings (SSSR count). The Morgan fingerprint density at radius 3 is 2.65 bits per heavy atom. The van der Waals surface area contributed by atoms with E-state index in [1.165, 1.54) is 0 Å². The van der Waals surface area contributed by atoms with Crippen LogP contribution in [-0.4, -0.2) is 33.6 Å². The number of urea groups is 1. The van der Waals surface area contributed by atoms with Gasteiger partial charge < -0.3 is 5.32 Å². The van der Waals surface area contributed by atoms with Gasteiger partial charge in [-0.25, -0.2) is 14.8 Å². The van der Waals surface area contributed by atoms with Gasteiger partial charge in [-0.15, -0.1) is 0 Å². The molecule has 0 saturated heterocycles. The Morgan fingerprint density at radius 1 is 1.00 bits per heavy atom. The number of rotatable bonds is 3. The van der Waals surface area contributed by atoms with Gasteiger partial charge in [0.05, 0.1) is 17.1 Å². The highest BCUT2D eigenvalue weighted by Gasteiger charge is 2.29. The smallest absolute Gasteiger partial charge is 0.328 e. The van der Waals surface area contributed by atoms with Gasteiger partial charge in [0.1, 0.15) is 5.82 Å². The summed E-state index contributed by atoms with van der Waals surface area (Å²) in [6, 6.07) is 21.3. The molecule has 3 aromatic heterocycles. The monoisotopic (exact) mass is 450 g/mol. The normalized spacial score (nSPS) is 15.1. The van der Waals surface area contributed by atoms with E-state index in [9.17, 15) is 4.79 Å². The first-order valence-electron chi connectivity index (χ1n) is 11.4. The molecule has 1 aromatic carbocycles. The van der Waals surface area contributed by atoms with Crippen LogP contribution < -0.4 is 15.5 Å². The number of aryl methyl sites for hydroxylation is 1. The lowest BCUT2D eigenvalue weighted by molar-refractivity contribution is 0.255. The summed E-state index contributed by atoms with van der Waals surface area (Å²) in [5.74, 6) is 1.09. The first-order valence-corrected chi connectivity index (χ1v) is 11.4. The van der Waals surface area contributed by atoms with Gasteiger partial charge in [-0.05, 0) is 62.7 Å². The van der Waals surface area contributed by atoms with Crippen LogP contribution in [0, 0.1) is 6.92 Å². The van der Waals surface area contributed by atoms with E-state index >= 15 is 0 Å². The summed E-state index contributed by atoms with van der Waals surface area (Å²) in [5, 5.41) is 6.40. The van der Waals surface area contributed by atoms with Crippen LogP contribution in [0.5, 0.6) is 0 Å². The minimum absolute atomic E-state index is 0.0458. The summed E-state index contributed by atoms with van der Waals surface area (Å²) in [6.45, 7) is 4.86. The van der Waals surface area contributed by atoms with Crippen LogP contribution in [0.1, 0.15) is 18.9 Å². The first-order chi connectivity index (χ1) is 16.6. The van der Waals surface area contributed by atoms with Gasteiger partial charge in [-0.1, -0.05) is 29.8 Å². The van der Waals surface area contributed by atoms with Gasteiger partial charge in [-0.3, -0.25) is 15.2 Å². The number of carbonyl (C=O) groups is 1. The predicted octanol–water partition coefficient (Wildman–Crippen LogP) is 5.76. The van der Waals surface area contributed by atoms with Crippen molar-refractivity contribution in [1.29, 1.82) is 0 Å². The fourth-order valence-electron chi connectivity index (χ4n) is 4.13. The van der Waals surface area contributed by atoms with Crippen molar-refractivity contribution >= 4 is 23.4 Å². The third-order valence-electron chi connectivity index (χ3n) is 5.90. The third-order valence-corrected chi connectivity index (χ3v) is 5.90. The number of benzene rings is 1. The first kappa shape index (κ1) is 21.6. The number of anilines is 3. The summed E-state index contributed by atoms with van der Waals surface area (Å²) in [4.78, 5) is 29.0. The van der Waals surface area contributed by atoms with Gasteiger partial charge in [0.2, 0.25) is 0 Å². The lowest BCUT2D eigenvalue weighted by Crippen LogP contribution is -2.42. The standard InChI is InChI=1S/C27H26N6O/c1-18-6-3-7-20(16-18)23-11-12-24-26(31-23)33(19(2)13-15-29-24)27(34)32-25-10-4-9-22(30-25)21-8-5-14-28-17-21/h3-12,14,16-17,19,29H,13,15H2,1-2H3,(H,30,32,34)/t19-/m1/s1. The summed E-state index contributed by atoms with van der Waals surface area (Å²) < 4.78 is 0. The molecular formula is C27H26N6O. The summed E-state index contributed by atoms with van der Waals surface area (Å²) in [5.41, 5.74) is 5.49. The van der Waals surface area contributed by atoms with E-state index in [0.29, 0.717) is 11.6 Å². The third kappa shape index (κ3) is 4.45. The average molecular weight is 451 g/mol. The van der Waals surface area contributed by atoms with Crippen LogP contribution in [0.4, 0.5) is 22.1 Å². The lowest BCUT2D eigenvalue weighted by atomic mass is 10.1. The average Bonchev–Trinajstić information content (AvgIpc) is 3.02. The molecule has 0 aliphatic carbocycles. The van der Waals surface area contributed by atoms with Crippen molar-refractivity contribution in [2.75, 3.05) is 22.1 Å². The highest BCUT2D eigenvalue weighted by molar-refractivity contribution is 6.03. The molecular weight excluding hydrogens is 424 g/mol. The molecule has 0 radical (unpaired) electrons. The second-order valence-corrected chi connectivity index (χ2v) is 8.45. The molecule has 1 aliphatic heterocycles. The number of pyridine rings is 3.